The lowest BCUT2D eigenvalue weighted by molar-refractivity contribution is 0.174. The van der Waals surface area contributed by atoms with Gasteiger partial charge in [-0.15, -0.1) is 0 Å². The van der Waals surface area contributed by atoms with Gasteiger partial charge in [-0.1, -0.05) is 6.92 Å². The van der Waals surface area contributed by atoms with Gasteiger partial charge in [0.2, 0.25) is 6.79 Å². The van der Waals surface area contributed by atoms with E-state index in [1.165, 1.54) is 10.9 Å². The summed E-state index contributed by atoms with van der Waals surface area (Å²) in [4.78, 5) is 0. The summed E-state index contributed by atoms with van der Waals surface area (Å²) in [5, 5.41) is 1.20. The first-order chi connectivity index (χ1) is 8.12. The molecule has 0 atom stereocenters. The second kappa shape index (κ2) is 3.42. The maximum absolute atomic E-state index is 5.44. The first-order valence-electron chi connectivity index (χ1n) is 6.03. The number of rotatable bonds is 2. The molecule has 0 unspecified atom stereocenters. The molecule has 0 aliphatic carbocycles. The van der Waals surface area contributed by atoms with Gasteiger partial charge in [0.1, 0.15) is 0 Å². The molecule has 1 aromatic heterocycles. The number of ether oxygens (including phenoxy) is 2. The van der Waals surface area contributed by atoms with Crippen LogP contribution >= 0.6 is 0 Å². The molecule has 0 bridgehead atoms. The average molecular weight is 231 g/mol. The van der Waals surface area contributed by atoms with Gasteiger partial charge in [-0.05, 0) is 32.4 Å². The molecule has 3 nitrogen and oxygen atoms in total. The van der Waals surface area contributed by atoms with Crippen LogP contribution in [-0.2, 0) is 5.54 Å². The van der Waals surface area contributed by atoms with Crippen LogP contribution in [0.4, 0.5) is 0 Å². The van der Waals surface area contributed by atoms with Crippen LogP contribution < -0.4 is 9.47 Å². The van der Waals surface area contributed by atoms with E-state index in [4.69, 9.17) is 9.47 Å². The molecule has 3 heteroatoms. The highest BCUT2D eigenvalue weighted by Gasteiger charge is 2.22. The molecule has 0 spiro atoms. The molecule has 0 amide bonds. The minimum absolute atomic E-state index is 0.120. The molecule has 3 rings (SSSR count). The van der Waals surface area contributed by atoms with Crippen molar-refractivity contribution in [2.75, 3.05) is 6.79 Å². The van der Waals surface area contributed by atoms with Gasteiger partial charge in [-0.3, -0.25) is 0 Å². The monoisotopic (exact) mass is 231 g/mol. The SMILES string of the molecule is CCC(C)(C)n1ccc2cc3c(cc21)OCO3. The van der Waals surface area contributed by atoms with Crippen LogP contribution in [0.1, 0.15) is 27.2 Å². The van der Waals surface area contributed by atoms with E-state index >= 15 is 0 Å². The normalized spacial score (nSPS) is 14.5. The Balaban J connectivity index is 2.22. The molecule has 2 aromatic rings. The van der Waals surface area contributed by atoms with E-state index in [2.05, 4.69) is 49.7 Å². The molecule has 0 N–H and O–H groups in total. The second-order valence-corrected chi connectivity index (χ2v) is 5.12. The molecule has 1 aliphatic rings. The zero-order valence-corrected chi connectivity index (χ0v) is 10.5. The highest BCUT2D eigenvalue weighted by atomic mass is 16.7. The van der Waals surface area contributed by atoms with Crippen molar-refractivity contribution in [1.29, 1.82) is 0 Å². The fraction of sp³-hybridized carbons (Fsp3) is 0.429. The zero-order chi connectivity index (χ0) is 12.0. The summed E-state index contributed by atoms with van der Waals surface area (Å²) in [6.07, 6.45) is 3.23. The first-order valence-corrected chi connectivity index (χ1v) is 6.03. The van der Waals surface area contributed by atoms with Crippen molar-refractivity contribution in [3.05, 3.63) is 24.4 Å². The van der Waals surface area contributed by atoms with Crippen molar-refractivity contribution >= 4 is 10.9 Å². The van der Waals surface area contributed by atoms with Gasteiger partial charge in [0.05, 0.1) is 5.52 Å². The van der Waals surface area contributed by atoms with Crippen LogP contribution in [0.15, 0.2) is 24.4 Å². The molecular formula is C14H17NO2. The molecule has 0 saturated carbocycles. The quantitative estimate of drug-likeness (QED) is 0.789. The Labute approximate surface area is 101 Å². The topological polar surface area (TPSA) is 23.4 Å². The van der Waals surface area contributed by atoms with Crippen LogP contribution in [0.5, 0.6) is 11.5 Å². The Kier molecular flexibility index (Phi) is 2.12. The highest BCUT2D eigenvalue weighted by molar-refractivity contribution is 5.84. The number of nitrogens with zero attached hydrogens (tertiary/aromatic N) is 1. The molecular weight excluding hydrogens is 214 g/mol. The van der Waals surface area contributed by atoms with Gasteiger partial charge in [0.15, 0.2) is 11.5 Å². The Hall–Kier alpha value is -1.64. The Morgan fingerprint density at radius 2 is 1.94 bits per heavy atom. The average Bonchev–Trinajstić information content (AvgIpc) is 2.90. The van der Waals surface area contributed by atoms with E-state index in [1.54, 1.807) is 0 Å². The third kappa shape index (κ3) is 1.49. The molecule has 90 valence electrons. The lowest BCUT2D eigenvalue weighted by Gasteiger charge is -2.26. The minimum Gasteiger partial charge on any atom is -0.454 e. The number of fused-ring (bicyclic) bond motifs is 2. The Bertz CT molecular complexity index is 569. The summed E-state index contributed by atoms with van der Waals surface area (Å²) >= 11 is 0. The summed E-state index contributed by atoms with van der Waals surface area (Å²) in [5.41, 5.74) is 1.33. The predicted molar refractivity (Wildman–Crippen MR) is 67.7 cm³/mol. The summed E-state index contributed by atoms with van der Waals surface area (Å²) in [5.74, 6) is 1.70. The predicted octanol–water partition coefficient (Wildman–Crippen LogP) is 3.52. The number of hydrogen-bond donors (Lipinski definition) is 0. The third-order valence-electron chi connectivity index (χ3n) is 3.70. The van der Waals surface area contributed by atoms with Crippen molar-refractivity contribution in [3.63, 3.8) is 0 Å². The molecule has 1 aromatic carbocycles. The van der Waals surface area contributed by atoms with Gasteiger partial charge in [-0.25, -0.2) is 0 Å². The largest absolute Gasteiger partial charge is 0.454 e. The summed E-state index contributed by atoms with van der Waals surface area (Å²) in [7, 11) is 0. The van der Waals surface area contributed by atoms with Crippen molar-refractivity contribution in [3.8, 4) is 11.5 Å². The smallest absolute Gasteiger partial charge is 0.231 e. The van der Waals surface area contributed by atoms with Crippen molar-refractivity contribution in [2.45, 2.75) is 32.7 Å². The first kappa shape index (κ1) is 10.5. The zero-order valence-electron chi connectivity index (χ0n) is 10.5. The van der Waals surface area contributed by atoms with Crippen LogP contribution in [0.3, 0.4) is 0 Å². The summed E-state index contributed by atoms with van der Waals surface area (Å²) in [6.45, 7) is 7.03. The van der Waals surface area contributed by atoms with Crippen LogP contribution in [0.25, 0.3) is 10.9 Å². The molecule has 0 fully saturated rings. The molecule has 17 heavy (non-hydrogen) atoms. The molecule has 0 radical (unpaired) electrons. The van der Waals surface area contributed by atoms with Crippen LogP contribution in [0.2, 0.25) is 0 Å². The van der Waals surface area contributed by atoms with E-state index < -0.39 is 0 Å². The Morgan fingerprint density at radius 3 is 2.65 bits per heavy atom. The standard InChI is InChI=1S/C14H17NO2/c1-4-14(2,3)15-6-5-10-7-12-13(8-11(10)15)17-9-16-12/h5-8H,4,9H2,1-3H3. The van der Waals surface area contributed by atoms with Gasteiger partial charge >= 0.3 is 0 Å². The van der Waals surface area contributed by atoms with Gasteiger partial charge in [0.25, 0.3) is 0 Å². The van der Waals surface area contributed by atoms with Gasteiger partial charge in [0, 0.05) is 23.2 Å². The number of hydrogen-bond acceptors (Lipinski definition) is 2. The lowest BCUT2D eigenvalue weighted by Crippen LogP contribution is -2.23. The molecule has 2 heterocycles. The second-order valence-electron chi connectivity index (χ2n) is 5.12. The van der Waals surface area contributed by atoms with E-state index in [-0.39, 0.29) is 5.54 Å². The van der Waals surface area contributed by atoms with Crippen molar-refractivity contribution in [2.24, 2.45) is 0 Å². The third-order valence-corrected chi connectivity index (χ3v) is 3.70. The molecule has 1 aliphatic heterocycles. The van der Waals surface area contributed by atoms with Crippen molar-refractivity contribution in [1.82, 2.24) is 4.57 Å². The number of benzene rings is 1. The van der Waals surface area contributed by atoms with E-state index in [9.17, 15) is 0 Å². The van der Waals surface area contributed by atoms with E-state index in [0.717, 1.165) is 17.9 Å². The van der Waals surface area contributed by atoms with Gasteiger partial charge < -0.3 is 14.0 Å². The summed E-state index contributed by atoms with van der Waals surface area (Å²) in [6, 6.07) is 6.27. The fourth-order valence-electron chi connectivity index (χ4n) is 2.22. The number of aromatic nitrogens is 1. The maximum atomic E-state index is 5.44. The van der Waals surface area contributed by atoms with Gasteiger partial charge in [-0.2, -0.15) is 0 Å². The van der Waals surface area contributed by atoms with Crippen LogP contribution in [-0.4, -0.2) is 11.4 Å². The lowest BCUT2D eigenvalue weighted by atomic mass is 10.0. The maximum Gasteiger partial charge on any atom is 0.231 e. The minimum atomic E-state index is 0.120. The van der Waals surface area contributed by atoms with Crippen LogP contribution in [0, 0.1) is 0 Å². The van der Waals surface area contributed by atoms with Crippen molar-refractivity contribution < 1.29 is 9.47 Å². The van der Waals surface area contributed by atoms with E-state index in [0.29, 0.717) is 6.79 Å². The van der Waals surface area contributed by atoms with E-state index in [1.807, 2.05) is 0 Å². The Morgan fingerprint density at radius 1 is 1.24 bits per heavy atom. The molecule has 0 saturated heterocycles. The fourth-order valence-corrected chi connectivity index (χ4v) is 2.22. The highest BCUT2D eigenvalue weighted by Crippen LogP contribution is 2.38. The summed E-state index contributed by atoms with van der Waals surface area (Å²) < 4.78 is 13.1.